The zero-order valence-corrected chi connectivity index (χ0v) is 16.5. The molecule has 0 unspecified atom stereocenters. The molecular formula is C21H27ClN2O2. The van der Waals surface area contributed by atoms with Crippen molar-refractivity contribution in [3.8, 4) is 0 Å². The lowest BCUT2D eigenvalue weighted by atomic mass is 10.1. The number of nitrogens with zero attached hydrogens (tertiary/aromatic N) is 2. The molecule has 0 aliphatic heterocycles. The average Bonchev–Trinajstić information content (AvgIpc) is 2.98. The van der Waals surface area contributed by atoms with Crippen molar-refractivity contribution in [2.45, 2.75) is 27.3 Å². The number of aromatic nitrogens is 1. The smallest absolute Gasteiger partial charge is 0.338 e. The van der Waals surface area contributed by atoms with Crippen molar-refractivity contribution in [1.82, 2.24) is 9.47 Å². The van der Waals surface area contributed by atoms with Gasteiger partial charge < -0.3 is 14.2 Å². The molecule has 0 aliphatic carbocycles. The number of aryl methyl sites for hydroxylation is 1. The van der Waals surface area contributed by atoms with Gasteiger partial charge in [0.25, 0.3) is 0 Å². The Morgan fingerprint density at radius 3 is 2.38 bits per heavy atom. The Labute approximate surface area is 161 Å². The topological polar surface area (TPSA) is 34.5 Å². The minimum Gasteiger partial charge on any atom is -0.461 e. The van der Waals surface area contributed by atoms with Crippen LogP contribution in [-0.2, 0) is 11.3 Å². The Bertz CT molecular complexity index is 884. The molecule has 0 radical (unpaired) electrons. The number of rotatable bonds is 7. The van der Waals surface area contributed by atoms with E-state index in [2.05, 4.69) is 48.4 Å². The zero-order valence-electron chi connectivity index (χ0n) is 15.7. The highest BCUT2D eigenvalue weighted by Gasteiger charge is 2.13. The third kappa shape index (κ3) is 3.87. The largest absolute Gasteiger partial charge is 0.461 e. The summed E-state index contributed by atoms with van der Waals surface area (Å²) in [6, 6.07) is 14.2. The van der Waals surface area contributed by atoms with Gasteiger partial charge in [-0.1, -0.05) is 32.0 Å². The Kier molecular flexibility index (Phi) is 7.06. The molecule has 0 saturated carbocycles. The molecule has 0 fully saturated rings. The number of hydrogen-bond acceptors (Lipinski definition) is 3. The van der Waals surface area contributed by atoms with Crippen molar-refractivity contribution >= 4 is 40.2 Å². The van der Waals surface area contributed by atoms with E-state index in [1.54, 1.807) is 0 Å². The van der Waals surface area contributed by atoms with E-state index in [1.165, 1.54) is 10.9 Å². The van der Waals surface area contributed by atoms with Gasteiger partial charge in [0.1, 0.15) is 6.61 Å². The Hall–Kier alpha value is -2.04. The third-order valence-corrected chi connectivity index (χ3v) is 4.86. The number of esters is 1. The summed E-state index contributed by atoms with van der Waals surface area (Å²) in [6.07, 6.45) is 0. The number of benzene rings is 2. The molecule has 4 nitrogen and oxygen atoms in total. The van der Waals surface area contributed by atoms with E-state index >= 15 is 0 Å². The van der Waals surface area contributed by atoms with E-state index < -0.39 is 0 Å². The van der Waals surface area contributed by atoms with Gasteiger partial charge in [-0.15, -0.1) is 12.4 Å². The molecule has 0 spiro atoms. The van der Waals surface area contributed by atoms with E-state index in [0.29, 0.717) is 12.2 Å². The fraction of sp³-hybridized carbons (Fsp3) is 0.381. The summed E-state index contributed by atoms with van der Waals surface area (Å²) in [5.41, 5.74) is 2.97. The summed E-state index contributed by atoms with van der Waals surface area (Å²) >= 11 is 0. The average molecular weight is 375 g/mol. The van der Waals surface area contributed by atoms with Crippen LogP contribution in [0.5, 0.6) is 0 Å². The van der Waals surface area contributed by atoms with E-state index in [4.69, 9.17) is 4.74 Å². The monoisotopic (exact) mass is 374 g/mol. The van der Waals surface area contributed by atoms with Gasteiger partial charge in [0.05, 0.1) is 5.56 Å². The first kappa shape index (κ1) is 20.3. The SMILES string of the molecule is CCN(CC)CCOC(=O)c1ccc2c(c1)c1ccccc1n2CC.Cl. The standard InChI is InChI=1S/C21H26N2O2.ClH/c1-4-22(5-2)13-14-25-21(24)16-11-12-20-18(15-16)17-9-7-8-10-19(17)23(20)6-3;/h7-12,15H,4-6,13-14H2,1-3H3;1H. The van der Waals surface area contributed by atoms with Gasteiger partial charge >= 0.3 is 5.97 Å². The lowest BCUT2D eigenvalue weighted by molar-refractivity contribution is 0.0466. The number of halogens is 1. The van der Waals surface area contributed by atoms with Crippen LogP contribution in [0.25, 0.3) is 21.8 Å². The number of carbonyl (C=O) groups excluding carboxylic acids is 1. The molecule has 1 heterocycles. The normalized spacial score (nSPS) is 11.1. The first-order valence-electron chi connectivity index (χ1n) is 9.10. The van der Waals surface area contributed by atoms with Crippen LogP contribution >= 0.6 is 12.4 Å². The minimum absolute atomic E-state index is 0. The molecule has 0 bridgehead atoms. The summed E-state index contributed by atoms with van der Waals surface area (Å²) < 4.78 is 7.75. The summed E-state index contributed by atoms with van der Waals surface area (Å²) in [4.78, 5) is 14.7. The van der Waals surface area contributed by atoms with Gasteiger partial charge in [-0.3, -0.25) is 0 Å². The molecule has 26 heavy (non-hydrogen) atoms. The maximum atomic E-state index is 12.4. The second-order valence-corrected chi connectivity index (χ2v) is 6.16. The van der Waals surface area contributed by atoms with Crippen molar-refractivity contribution in [2.75, 3.05) is 26.2 Å². The van der Waals surface area contributed by atoms with Crippen molar-refractivity contribution in [3.63, 3.8) is 0 Å². The van der Waals surface area contributed by atoms with Crippen molar-refractivity contribution in [1.29, 1.82) is 0 Å². The van der Waals surface area contributed by atoms with Crippen LogP contribution in [-0.4, -0.2) is 41.7 Å². The summed E-state index contributed by atoms with van der Waals surface area (Å²) in [5, 5.41) is 2.28. The maximum absolute atomic E-state index is 12.4. The lowest BCUT2D eigenvalue weighted by Crippen LogP contribution is -2.27. The molecular weight excluding hydrogens is 348 g/mol. The van der Waals surface area contributed by atoms with Gasteiger partial charge in [0.15, 0.2) is 0 Å². The first-order valence-corrected chi connectivity index (χ1v) is 9.10. The number of likely N-dealkylation sites (N-methyl/N-ethyl adjacent to an activating group) is 1. The van der Waals surface area contributed by atoms with Crippen molar-refractivity contribution < 1.29 is 9.53 Å². The van der Waals surface area contributed by atoms with Gasteiger partial charge in [-0.05, 0) is 44.3 Å². The van der Waals surface area contributed by atoms with E-state index in [1.807, 2.05) is 24.3 Å². The van der Waals surface area contributed by atoms with Crippen LogP contribution in [0.2, 0.25) is 0 Å². The fourth-order valence-electron chi connectivity index (χ4n) is 3.41. The number of carbonyl (C=O) groups is 1. The van der Waals surface area contributed by atoms with Crippen LogP contribution in [0, 0.1) is 0 Å². The molecule has 0 atom stereocenters. The molecule has 3 rings (SSSR count). The molecule has 1 aromatic heterocycles. The van der Waals surface area contributed by atoms with Gasteiger partial charge in [0.2, 0.25) is 0 Å². The fourth-order valence-corrected chi connectivity index (χ4v) is 3.41. The van der Waals surface area contributed by atoms with E-state index in [9.17, 15) is 4.79 Å². The first-order chi connectivity index (χ1) is 12.2. The van der Waals surface area contributed by atoms with E-state index in [0.717, 1.165) is 37.1 Å². The molecule has 2 aromatic carbocycles. The predicted molar refractivity (Wildman–Crippen MR) is 110 cm³/mol. The van der Waals surface area contributed by atoms with Crippen molar-refractivity contribution in [3.05, 3.63) is 48.0 Å². The predicted octanol–water partition coefficient (Wildman–Crippen LogP) is 4.73. The Balaban J connectivity index is 0.00000243. The Morgan fingerprint density at radius 2 is 1.69 bits per heavy atom. The summed E-state index contributed by atoms with van der Waals surface area (Å²) in [7, 11) is 0. The second-order valence-electron chi connectivity index (χ2n) is 6.16. The molecule has 140 valence electrons. The molecule has 0 N–H and O–H groups in total. The molecule has 5 heteroatoms. The quantitative estimate of drug-likeness (QED) is 0.560. The number of para-hydroxylation sites is 1. The van der Waals surface area contributed by atoms with Gasteiger partial charge in [-0.2, -0.15) is 0 Å². The maximum Gasteiger partial charge on any atom is 0.338 e. The van der Waals surface area contributed by atoms with Crippen LogP contribution in [0.3, 0.4) is 0 Å². The Morgan fingerprint density at radius 1 is 1.00 bits per heavy atom. The summed E-state index contributed by atoms with van der Waals surface area (Å²) in [5.74, 6) is -0.248. The van der Waals surface area contributed by atoms with Crippen LogP contribution in [0.4, 0.5) is 0 Å². The highest BCUT2D eigenvalue weighted by atomic mass is 35.5. The molecule has 0 amide bonds. The highest BCUT2D eigenvalue weighted by Crippen LogP contribution is 2.29. The number of hydrogen-bond donors (Lipinski definition) is 0. The number of ether oxygens (including phenoxy) is 1. The lowest BCUT2D eigenvalue weighted by Gasteiger charge is -2.17. The van der Waals surface area contributed by atoms with Crippen LogP contribution in [0.15, 0.2) is 42.5 Å². The third-order valence-electron chi connectivity index (χ3n) is 4.86. The van der Waals surface area contributed by atoms with E-state index in [-0.39, 0.29) is 18.4 Å². The zero-order chi connectivity index (χ0) is 17.8. The van der Waals surface area contributed by atoms with Gasteiger partial charge in [-0.25, -0.2) is 4.79 Å². The molecule has 0 saturated heterocycles. The van der Waals surface area contributed by atoms with Crippen LogP contribution < -0.4 is 0 Å². The molecule has 3 aromatic rings. The van der Waals surface area contributed by atoms with Crippen molar-refractivity contribution in [2.24, 2.45) is 0 Å². The molecule has 0 aliphatic rings. The highest BCUT2D eigenvalue weighted by molar-refractivity contribution is 6.10. The number of fused-ring (bicyclic) bond motifs is 3. The van der Waals surface area contributed by atoms with Crippen LogP contribution in [0.1, 0.15) is 31.1 Å². The second kappa shape index (κ2) is 9.06. The summed E-state index contributed by atoms with van der Waals surface area (Å²) in [6.45, 7) is 10.4. The minimum atomic E-state index is -0.248. The van der Waals surface area contributed by atoms with Gasteiger partial charge in [0, 0.05) is 34.9 Å².